The number of Topliss-reactive ketones (excluding diaryl/α,β-unsaturated/α-hetero) is 1. The number of aryl methyl sites for hydroxylation is 1. The van der Waals surface area contributed by atoms with E-state index in [2.05, 4.69) is 21.7 Å². The van der Waals surface area contributed by atoms with Gasteiger partial charge in [-0.1, -0.05) is 23.1 Å². The lowest BCUT2D eigenvalue weighted by Crippen LogP contribution is -2.30. The maximum absolute atomic E-state index is 12.7. The van der Waals surface area contributed by atoms with Crippen molar-refractivity contribution in [2.45, 2.75) is 62.9 Å². The molecule has 2 aliphatic rings. The van der Waals surface area contributed by atoms with E-state index in [1.54, 1.807) is 11.8 Å². The lowest BCUT2D eigenvalue weighted by Gasteiger charge is -2.15. The molecule has 0 radical (unpaired) electrons. The van der Waals surface area contributed by atoms with Crippen molar-refractivity contribution in [2.24, 2.45) is 0 Å². The summed E-state index contributed by atoms with van der Waals surface area (Å²) < 4.78 is 3.03. The van der Waals surface area contributed by atoms with Crippen molar-refractivity contribution < 1.29 is 9.59 Å². The molecule has 4 rings (SSSR count). The third-order valence-electron chi connectivity index (χ3n) is 4.88. The van der Waals surface area contributed by atoms with Crippen LogP contribution in [0.2, 0.25) is 0 Å². The van der Waals surface area contributed by atoms with Crippen LogP contribution in [0.3, 0.4) is 0 Å². The van der Waals surface area contributed by atoms with Crippen molar-refractivity contribution in [3.63, 3.8) is 0 Å². The quantitative estimate of drug-likeness (QED) is 0.409. The second-order valence-corrected chi connectivity index (χ2v) is 9.25. The second-order valence-electron chi connectivity index (χ2n) is 7.07. The molecule has 2 fully saturated rings. The average molecular weight is 391 g/mol. The number of aromatic nitrogens is 3. The average Bonchev–Trinajstić information content (AvgIpc) is 3.50. The Bertz CT molecular complexity index is 865. The van der Waals surface area contributed by atoms with Gasteiger partial charge in [-0.25, -0.2) is 0 Å². The number of anilines is 1. The fourth-order valence-corrected chi connectivity index (χ4v) is 5.24. The van der Waals surface area contributed by atoms with Crippen molar-refractivity contribution in [3.05, 3.63) is 23.0 Å². The zero-order valence-electron chi connectivity index (χ0n) is 15.2. The highest BCUT2D eigenvalue weighted by molar-refractivity contribution is 8.01. The third-order valence-corrected chi connectivity index (χ3v) is 6.93. The van der Waals surface area contributed by atoms with Gasteiger partial charge in [0.25, 0.3) is 0 Å². The van der Waals surface area contributed by atoms with Gasteiger partial charge < -0.3 is 4.57 Å². The lowest BCUT2D eigenvalue weighted by atomic mass is 10.2. The highest BCUT2D eigenvalue weighted by Crippen LogP contribution is 2.39. The van der Waals surface area contributed by atoms with Crippen LogP contribution in [0.25, 0.3) is 0 Å². The van der Waals surface area contributed by atoms with Crippen LogP contribution in [0.5, 0.6) is 0 Å². The molecule has 0 aromatic carbocycles. The minimum Gasteiger partial charge on any atom is -0.345 e. The Morgan fingerprint density at radius 3 is 2.62 bits per heavy atom. The first kappa shape index (κ1) is 17.7. The second kappa shape index (κ2) is 6.81. The van der Waals surface area contributed by atoms with Gasteiger partial charge in [-0.15, -0.1) is 10.2 Å². The summed E-state index contributed by atoms with van der Waals surface area (Å²) in [4.78, 5) is 26.2. The van der Waals surface area contributed by atoms with Gasteiger partial charge in [0.2, 0.25) is 11.0 Å². The van der Waals surface area contributed by atoms with E-state index in [0.717, 1.165) is 34.1 Å². The monoisotopic (exact) mass is 390 g/mol. The molecule has 1 amide bonds. The normalized spacial score (nSPS) is 16.7. The molecule has 0 spiro atoms. The Kier molecular flexibility index (Phi) is 4.64. The molecule has 0 saturated heterocycles. The zero-order chi connectivity index (χ0) is 18.4. The summed E-state index contributed by atoms with van der Waals surface area (Å²) in [5.74, 6) is 0.466. The van der Waals surface area contributed by atoms with Gasteiger partial charge in [-0.3, -0.25) is 14.5 Å². The van der Waals surface area contributed by atoms with E-state index in [1.165, 1.54) is 35.9 Å². The predicted molar refractivity (Wildman–Crippen MR) is 103 cm³/mol. The number of ketones is 1. The summed E-state index contributed by atoms with van der Waals surface area (Å²) in [5.41, 5.74) is 3.05. The summed E-state index contributed by atoms with van der Waals surface area (Å²) in [6.07, 6.45) is 4.47. The number of thioether (sulfide) groups is 1. The summed E-state index contributed by atoms with van der Waals surface area (Å²) in [5, 5.41) is 8.95. The molecule has 0 bridgehead atoms. The first-order chi connectivity index (χ1) is 12.5. The van der Waals surface area contributed by atoms with Crippen molar-refractivity contribution in [1.29, 1.82) is 0 Å². The Labute approximate surface area is 161 Å². The summed E-state index contributed by atoms with van der Waals surface area (Å²) >= 11 is 2.79. The van der Waals surface area contributed by atoms with Crippen molar-refractivity contribution >= 4 is 39.9 Å². The lowest BCUT2D eigenvalue weighted by molar-refractivity contribution is -0.116. The van der Waals surface area contributed by atoms with E-state index >= 15 is 0 Å². The molecule has 2 heterocycles. The van der Waals surface area contributed by atoms with Crippen LogP contribution >= 0.6 is 23.1 Å². The molecule has 2 aromatic rings. The van der Waals surface area contributed by atoms with Gasteiger partial charge in [0, 0.05) is 36.0 Å². The van der Waals surface area contributed by atoms with Gasteiger partial charge in [-0.2, -0.15) is 0 Å². The first-order valence-electron chi connectivity index (χ1n) is 8.93. The first-order valence-corrected chi connectivity index (χ1v) is 10.7. The van der Waals surface area contributed by atoms with E-state index in [0.29, 0.717) is 16.9 Å². The van der Waals surface area contributed by atoms with Gasteiger partial charge >= 0.3 is 0 Å². The van der Waals surface area contributed by atoms with Crippen LogP contribution < -0.4 is 4.90 Å². The standard InChI is InChI=1S/C18H22N4O2S2/c1-10-8-15(11(2)21(10)13-4-5-13)16(24)9-25-18-20-19-17(26-18)22(12(3)23)14-6-7-14/h8,13-14H,4-7,9H2,1-3H3. The molecule has 0 N–H and O–H groups in total. The molecule has 8 heteroatoms. The van der Waals surface area contributed by atoms with Gasteiger partial charge in [0.1, 0.15) is 0 Å². The minimum absolute atomic E-state index is 0.00351. The fourth-order valence-electron chi connectivity index (χ4n) is 3.40. The van der Waals surface area contributed by atoms with Crippen molar-refractivity contribution in [3.8, 4) is 0 Å². The molecule has 0 aliphatic heterocycles. The van der Waals surface area contributed by atoms with Gasteiger partial charge in [0.15, 0.2) is 10.1 Å². The Balaban J connectivity index is 1.42. The molecule has 138 valence electrons. The van der Waals surface area contributed by atoms with E-state index in [-0.39, 0.29) is 17.7 Å². The molecule has 0 atom stereocenters. The van der Waals surface area contributed by atoms with Crippen LogP contribution in [-0.2, 0) is 4.79 Å². The van der Waals surface area contributed by atoms with E-state index in [9.17, 15) is 9.59 Å². The number of nitrogens with zero attached hydrogens (tertiary/aromatic N) is 4. The van der Waals surface area contributed by atoms with Gasteiger partial charge in [0.05, 0.1) is 5.75 Å². The molecule has 2 aromatic heterocycles. The number of rotatable bonds is 7. The SMILES string of the molecule is CC(=O)N(c1nnc(SCC(=O)c2cc(C)n(C3CC3)c2C)s1)C1CC1. The molecule has 2 aliphatic carbocycles. The van der Waals surface area contributed by atoms with Crippen LogP contribution in [0.1, 0.15) is 60.4 Å². The smallest absolute Gasteiger partial charge is 0.225 e. The Morgan fingerprint density at radius 1 is 1.27 bits per heavy atom. The molecule has 26 heavy (non-hydrogen) atoms. The molecule has 6 nitrogen and oxygen atoms in total. The summed E-state index contributed by atoms with van der Waals surface area (Å²) in [6, 6.07) is 2.86. The van der Waals surface area contributed by atoms with Crippen LogP contribution in [0.4, 0.5) is 5.13 Å². The van der Waals surface area contributed by atoms with Crippen LogP contribution in [-0.4, -0.2) is 38.2 Å². The van der Waals surface area contributed by atoms with Crippen LogP contribution in [0, 0.1) is 13.8 Å². The highest BCUT2D eigenvalue weighted by atomic mass is 32.2. The maximum atomic E-state index is 12.7. The molecule has 2 saturated carbocycles. The van der Waals surface area contributed by atoms with E-state index in [4.69, 9.17) is 0 Å². The molecular formula is C18H22N4O2S2. The van der Waals surface area contributed by atoms with E-state index < -0.39 is 0 Å². The van der Waals surface area contributed by atoms with Gasteiger partial charge in [-0.05, 0) is 45.6 Å². The topological polar surface area (TPSA) is 68.1 Å². The number of carbonyl (C=O) groups excluding carboxylic acids is 2. The van der Waals surface area contributed by atoms with Crippen molar-refractivity contribution in [1.82, 2.24) is 14.8 Å². The van der Waals surface area contributed by atoms with Crippen molar-refractivity contribution in [2.75, 3.05) is 10.7 Å². The predicted octanol–water partition coefficient (Wildman–Crippen LogP) is 3.78. The van der Waals surface area contributed by atoms with E-state index in [1.807, 2.05) is 13.0 Å². The summed E-state index contributed by atoms with van der Waals surface area (Å²) in [7, 11) is 0. The summed E-state index contributed by atoms with van der Waals surface area (Å²) in [6.45, 7) is 5.67. The third kappa shape index (κ3) is 3.44. The Morgan fingerprint density at radius 2 is 2.00 bits per heavy atom. The number of hydrogen-bond donors (Lipinski definition) is 0. The minimum atomic E-state index is 0.00351. The number of carbonyl (C=O) groups is 2. The Hall–Kier alpha value is -1.67. The highest BCUT2D eigenvalue weighted by Gasteiger charge is 2.34. The largest absolute Gasteiger partial charge is 0.345 e. The number of hydrogen-bond acceptors (Lipinski definition) is 6. The van der Waals surface area contributed by atoms with Crippen LogP contribution in [0.15, 0.2) is 10.4 Å². The molecular weight excluding hydrogens is 368 g/mol. The maximum Gasteiger partial charge on any atom is 0.225 e. The fraction of sp³-hybridized carbons (Fsp3) is 0.556. The number of amides is 1. The zero-order valence-corrected chi connectivity index (χ0v) is 16.8. The molecule has 0 unspecified atom stereocenters.